The van der Waals surface area contributed by atoms with Crippen LogP contribution in [-0.4, -0.2) is 38.9 Å². The number of nitrogens with one attached hydrogen (secondary N) is 2. The Kier molecular flexibility index (Phi) is 3.61. The average molecular weight is 310 g/mol. The van der Waals surface area contributed by atoms with Gasteiger partial charge in [-0.2, -0.15) is 0 Å². The molecule has 1 aliphatic carbocycles. The zero-order valence-electron chi connectivity index (χ0n) is 12.7. The van der Waals surface area contributed by atoms with Crippen molar-refractivity contribution in [3.63, 3.8) is 0 Å². The van der Waals surface area contributed by atoms with Gasteiger partial charge in [0.15, 0.2) is 0 Å². The highest BCUT2D eigenvalue weighted by Crippen LogP contribution is 2.39. The molecule has 4 rings (SSSR count). The predicted molar refractivity (Wildman–Crippen MR) is 84.3 cm³/mol. The molecule has 2 aromatic rings. The first-order chi connectivity index (χ1) is 11.3. The van der Waals surface area contributed by atoms with E-state index < -0.39 is 0 Å². The van der Waals surface area contributed by atoms with Crippen LogP contribution in [0.15, 0.2) is 18.6 Å². The Hall–Kier alpha value is -2.57. The van der Waals surface area contributed by atoms with Crippen molar-refractivity contribution < 1.29 is 4.79 Å². The van der Waals surface area contributed by atoms with E-state index in [-0.39, 0.29) is 5.91 Å². The highest BCUT2D eigenvalue weighted by Gasteiger charge is 2.31. The molecule has 2 aliphatic rings. The van der Waals surface area contributed by atoms with Gasteiger partial charge in [-0.3, -0.25) is 14.8 Å². The van der Waals surface area contributed by atoms with Crippen LogP contribution in [-0.2, 0) is 12.8 Å². The van der Waals surface area contributed by atoms with Crippen molar-refractivity contribution in [2.45, 2.75) is 31.6 Å². The smallest absolute Gasteiger partial charge is 0.270 e. The van der Waals surface area contributed by atoms with E-state index in [9.17, 15) is 4.79 Å². The fraction of sp³-hybridized carbons (Fsp3) is 0.438. The molecule has 1 aliphatic heterocycles. The number of amides is 1. The number of anilines is 1. The van der Waals surface area contributed by atoms with E-state index >= 15 is 0 Å². The van der Waals surface area contributed by atoms with Gasteiger partial charge in [0.1, 0.15) is 17.3 Å². The molecule has 0 saturated heterocycles. The molecule has 3 heterocycles. The molecule has 7 nitrogen and oxygen atoms in total. The van der Waals surface area contributed by atoms with Crippen molar-refractivity contribution in [3.05, 3.63) is 41.4 Å². The predicted octanol–water partition coefficient (Wildman–Crippen LogP) is 1.08. The largest absolute Gasteiger partial charge is 0.369 e. The number of carbonyl (C=O) groups excluding carboxylic acids is 1. The van der Waals surface area contributed by atoms with Crippen molar-refractivity contribution in [2.75, 3.05) is 18.4 Å². The standard InChI is InChI=1S/C16H18N6O/c23-16-13-12(4-6-20-16)15(22-14(21-13)10-1-2-10)19-5-3-11-9-17-7-8-18-11/h7-10H,1-6H2,(H,20,23)(H,19,21,22). The van der Waals surface area contributed by atoms with Crippen LogP contribution >= 0.6 is 0 Å². The van der Waals surface area contributed by atoms with E-state index in [1.807, 2.05) is 0 Å². The summed E-state index contributed by atoms with van der Waals surface area (Å²) in [4.78, 5) is 29.6. The van der Waals surface area contributed by atoms with Crippen LogP contribution in [0, 0.1) is 0 Å². The zero-order chi connectivity index (χ0) is 15.6. The van der Waals surface area contributed by atoms with Gasteiger partial charge in [-0.25, -0.2) is 9.97 Å². The summed E-state index contributed by atoms with van der Waals surface area (Å²) in [5.74, 6) is 1.92. The van der Waals surface area contributed by atoms with Gasteiger partial charge >= 0.3 is 0 Å². The third-order valence-corrected chi connectivity index (χ3v) is 4.13. The Bertz CT molecular complexity index is 729. The second-order valence-corrected chi connectivity index (χ2v) is 5.91. The molecule has 2 aromatic heterocycles. The highest BCUT2D eigenvalue weighted by atomic mass is 16.1. The van der Waals surface area contributed by atoms with Gasteiger partial charge < -0.3 is 10.6 Å². The number of carbonyl (C=O) groups is 1. The van der Waals surface area contributed by atoms with E-state index in [0.717, 1.165) is 48.6 Å². The molecule has 1 amide bonds. The Labute approximate surface area is 134 Å². The maximum Gasteiger partial charge on any atom is 0.270 e. The normalized spacial score (nSPS) is 16.6. The van der Waals surface area contributed by atoms with Crippen LogP contribution in [0.2, 0.25) is 0 Å². The Morgan fingerprint density at radius 1 is 1.26 bits per heavy atom. The quantitative estimate of drug-likeness (QED) is 0.858. The molecule has 0 bridgehead atoms. The lowest BCUT2D eigenvalue weighted by Gasteiger charge is -2.20. The van der Waals surface area contributed by atoms with E-state index in [4.69, 9.17) is 0 Å². The summed E-state index contributed by atoms with van der Waals surface area (Å²) < 4.78 is 0. The minimum atomic E-state index is -0.0903. The summed E-state index contributed by atoms with van der Waals surface area (Å²) in [6.07, 6.45) is 8.87. The van der Waals surface area contributed by atoms with Crippen LogP contribution in [0.25, 0.3) is 0 Å². The lowest BCUT2D eigenvalue weighted by atomic mass is 10.1. The van der Waals surface area contributed by atoms with Gasteiger partial charge in [0.05, 0.1) is 5.69 Å². The maximum absolute atomic E-state index is 12.1. The van der Waals surface area contributed by atoms with E-state index in [0.29, 0.717) is 24.7 Å². The molecular formula is C16H18N6O. The van der Waals surface area contributed by atoms with Gasteiger partial charge in [0.2, 0.25) is 0 Å². The molecule has 0 aromatic carbocycles. The molecule has 0 spiro atoms. The Balaban J connectivity index is 1.55. The SMILES string of the molecule is O=C1NCCc2c(NCCc3cnccn3)nc(C3CC3)nc21. The lowest BCUT2D eigenvalue weighted by Crippen LogP contribution is -2.34. The van der Waals surface area contributed by atoms with Crippen molar-refractivity contribution in [1.29, 1.82) is 0 Å². The average Bonchev–Trinajstić information content (AvgIpc) is 3.41. The molecule has 7 heteroatoms. The molecular weight excluding hydrogens is 292 g/mol. The fourth-order valence-corrected chi connectivity index (χ4v) is 2.75. The minimum Gasteiger partial charge on any atom is -0.369 e. The van der Waals surface area contributed by atoms with E-state index in [2.05, 4.69) is 30.6 Å². The molecule has 0 atom stereocenters. The van der Waals surface area contributed by atoms with Crippen LogP contribution in [0.4, 0.5) is 5.82 Å². The van der Waals surface area contributed by atoms with Crippen LogP contribution < -0.4 is 10.6 Å². The Morgan fingerprint density at radius 3 is 2.96 bits per heavy atom. The second-order valence-electron chi connectivity index (χ2n) is 5.91. The van der Waals surface area contributed by atoms with Crippen molar-refractivity contribution in [2.24, 2.45) is 0 Å². The molecule has 1 fully saturated rings. The molecule has 0 radical (unpaired) electrons. The summed E-state index contributed by atoms with van der Waals surface area (Å²) in [6, 6.07) is 0. The number of rotatable bonds is 5. The van der Waals surface area contributed by atoms with E-state index in [1.54, 1.807) is 18.6 Å². The minimum absolute atomic E-state index is 0.0903. The first kappa shape index (κ1) is 14.0. The number of aromatic nitrogens is 4. The fourth-order valence-electron chi connectivity index (χ4n) is 2.75. The molecule has 1 saturated carbocycles. The zero-order valence-corrected chi connectivity index (χ0v) is 12.7. The molecule has 2 N–H and O–H groups in total. The van der Waals surface area contributed by atoms with Gasteiger partial charge in [-0.15, -0.1) is 0 Å². The first-order valence-corrected chi connectivity index (χ1v) is 7.99. The van der Waals surface area contributed by atoms with Gasteiger partial charge in [-0.05, 0) is 19.3 Å². The van der Waals surface area contributed by atoms with E-state index in [1.165, 1.54) is 0 Å². The number of nitrogens with zero attached hydrogens (tertiary/aromatic N) is 4. The van der Waals surface area contributed by atoms with Gasteiger partial charge in [0.25, 0.3) is 5.91 Å². The van der Waals surface area contributed by atoms with Crippen LogP contribution in [0.5, 0.6) is 0 Å². The summed E-state index contributed by atoms with van der Waals surface area (Å²) >= 11 is 0. The monoisotopic (exact) mass is 310 g/mol. The Morgan fingerprint density at radius 2 is 2.17 bits per heavy atom. The summed E-state index contributed by atoms with van der Waals surface area (Å²) in [5, 5.41) is 6.22. The molecule has 118 valence electrons. The number of hydrogen-bond donors (Lipinski definition) is 2. The summed E-state index contributed by atoms with van der Waals surface area (Å²) in [6.45, 7) is 1.34. The van der Waals surface area contributed by atoms with Gasteiger partial charge in [0, 0.05) is 49.6 Å². The van der Waals surface area contributed by atoms with Gasteiger partial charge in [-0.1, -0.05) is 0 Å². The molecule has 23 heavy (non-hydrogen) atoms. The topological polar surface area (TPSA) is 92.7 Å². The number of fused-ring (bicyclic) bond motifs is 1. The highest BCUT2D eigenvalue weighted by molar-refractivity contribution is 5.96. The van der Waals surface area contributed by atoms with Crippen molar-refractivity contribution in [3.8, 4) is 0 Å². The third-order valence-electron chi connectivity index (χ3n) is 4.13. The third kappa shape index (κ3) is 2.99. The summed E-state index contributed by atoms with van der Waals surface area (Å²) in [7, 11) is 0. The summed E-state index contributed by atoms with van der Waals surface area (Å²) in [5.41, 5.74) is 2.40. The first-order valence-electron chi connectivity index (χ1n) is 7.99. The maximum atomic E-state index is 12.1. The van der Waals surface area contributed by atoms with Crippen LogP contribution in [0.1, 0.15) is 46.3 Å². The second kappa shape index (κ2) is 5.91. The lowest BCUT2D eigenvalue weighted by molar-refractivity contribution is 0.0940. The van der Waals surface area contributed by atoms with Crippen LogP contribution in [0.3, 0.4) is 0 Å². The number of hydrogen-bond acceptors (Lipinski definition) is 6. The molecule has 0 unspecified atom stereocenters. The van der Waals surface area contributed by atoms with Crippen molar-refractivity contribution >= 4 is 11.7 Å². The van der Waals surface area contributed by atoms with Crippen molar-refractivity contribution in [1.82, 2.24) is 25.3 Å².